The minimum Gasteiger partial charge on any atom is -0.316 e. The molecule has 6 heteroatoms. The number of nitrogens with zero attached hydrogens (tertiary/aromatic N) is 4. The first-order valence-corrected chi connectivity index (χ1v) is 8.07. The van der Waals surface area contributed by atoms with E-state index in [1.807, 2.05) is 4.52 Å². The van der Waals surface area contributed by atoms with Crippen LogP contribution in [0.1, 0.15) is 55.8 Å². The summed E-state index contributed by atoms with van der Waals surface area (Å²) in [4.78, 5) is 0.968. The number of aromatic nitrogens is 4. The Morgan fingerprint density at radius 3 is 3.00 bits per heavy atom. The molecule has 0 spiro atoms. The fourth-order valence-electron chi connectivity index (χ4n) is 3.05. The van der Waals surface area contributed by atoms with Crippen molar-refractivity contribution in [2.75, 3.05) is 13.1 Å². The van der Waals surface area contributed by atoms with E-state index in [2.05, 4.69) is 22.4 Å². The molecule has 0 aromatic carbocycles. The van der Waals surface area contributed by atoms with Gasteiger partial charge in [0.15, 0.2) is 5.82 Å². The summed E-state index contributed by atoms with van der Waals surface area (Å²) in [5, 5.41) is 18.3. The molecule has 2 fully saturated rings. The molecule has 1 saturated carbocycles. The van der Waals surface area contributed by atoms with Crippen LogP contribution in [0.15, 0.2) is 0 Å². The highest BCUT2D eigenvalue weighted by Gasteiger charge is 2.37. The van der Waals surface area contributed by atoms with E-state index in [0.717, 1.165) is 30.3 Å². The van der Waals surface area contributed by atoms with Gasteiger partial charge >= 0.3 is 0 Å². The molecule has 19 heavy (non-hydrogen) atoms. The molecule has 5 nitrogen and oxygen atoms in total. The largest absolute Gasteiger partial charge is 0.316 e. The van der Waals surface area contributed by atoms with Gasteiger partial charge in [0.25, 0.3) is 0 Å². The van der Waals surface area contributed by atoms with E-state index >= 15 is 0 Å². The van der Waals surface area contributed by atoms with Crippen LogP contribution in [0.2, 0.25) is 0 Å². The van der Waals surface area contributed by atoms with Crippen molar-refractivity contribution in [1.29, 1.82) is 0 Å². The van der Waals surface area contributed by atoms with Gasteiger partial charge in [0.1, 0.15) is 5.01 Å². The molecule has 1 aliphatic carbocycles. The lowest BCUT2D eigenvalue weighted by Gasteiger charge is -2.34. The maximum Gasteiger partial charge on any atom is 0.234 e. The van der Waals surface area contributed by atoms with Crippen molar-refractivity contribution >= 4 is 16.3 Å². The maximum absolute atomic E-state index is 4.87. The quantitative estimate of drug-likeness (QED) is 0.933. The van der Waals surface area contributed by atoms with Gasteiger partial charge in [-0.15, -0.1) is 10.2 Å². The molecule has 1 N–H and O–H groups in total. The third kappa shape index (κ3) is 1.80. The van der Waals surface area contributed by atoms with Crippen molar-refractivity contribution < 1.29 is 0 Å². The Bertz CT molecular complexity index is 591. The van der Waals surface area contributed by atoms with Gasteiger partial charge in [-0.05, 0) is 38.6 Å². The Hall–Kier alpha value is -1.01. The summed E-state index contributed by atoms with van der Waals surface area (Å²) in [6, 6.07) is 0. The molecule has 3 heterocycles. The number of hydrogen-bond acceptors (Lipinski definition) is 5. The summed E-state index contributed by atoms with van der Waals surface area (Å²) in [5.74, 6) is 1.68. The average molecular weight is 277 g/mol. The van der Waals surface area contributed by atoms with Crippen molar-refractivity contribution in [2.45, 2.75) is 50.4 Å². The van der Waals surface area contributed by atoms with Crippen LogP contribution in [0.5, 0.6) is 0 Å². The molecule has 4 rings (SSSR count). The topological polar surface area (TPSA) is 55.1 Å². The molecule has 0 bridgehead atoms. The first kappa shape index (κ1) is 11.8. The lowest BCUT2D eigenvalue weighted by molar-refractivity contribution is 0.299. The van der Waals surface area contributed by atoms with Crippen LogP contribution in [-0.2, 0) is 5.41 Å². The van der Waals surface area contributed by atoms with E-state index < -0.39 is 0 Å². The Labute approximate surface area is 116 Å². The zero-order valence-electron chi connectivity index (χ0n) is 11.2. The van der Waals surface area contributed by atoms with E-state index in [4.69, 9.17) is 5.10 Å². The zero-order valence-corrected chi connectivity index (χ0v) is 12.0. The maximum atomic E-state index is 4.87. The van der Waals surface area contributed by atoms with Crippen LogP contribution in [0.4, 0.5) is 0 Å². The van der Waals surface area contributed by atoms with Crippen molar-refractivity contribution in [3.63, 3.8) is 0 Å². The van der Waals surface area contributed by atoms with Crippen molar-refractivity contribution in [3.05, 3.63) is 10.8 Å². The van der Waals surface area contributed by atoms with Gasteiger partial charge in [-0.25, -0.2) is 0 Å². The third-order valence-electron chi connectivity index (χ3n) is 4.56. The van der Waals surface area contributed by atoms with Crippen LogP contribution in [0.3, 0.4) is 0 Å². The summed E-state index contributed by atoms with van der Waals surface area (Å²) < 4.78 is 2.00. The van der Waals surface area contributed by atoms with Gasteiger partial charge in [0.2, 0.25) is 4.96 Å². The monoisotopic (exact) mass is 277 g/mol. The van der Waals surface area contributed by atoms with Crippen LogP contribution < -0.4 is 5.32 Å². The van der Waals surface area contributed by atoms with Gasteiger partial charge in [0, 0.05) is 17.9 Å². The highest BCUT2D eigenvalue weighted by atomic mass is 32.1. The van der Waals surface area contributed by atoms with Gasteiger partial charge in [-0.1, -0.05) is 18.3 Å². The molecule has 2 aliphatic rings. The molecular formula is C13H19N5S. The summed E-state index contributed by atoms with van der Waals surface area (Å²) in [6.07, 6.45) is 6.11. The summed E-state index contributed by atoms with van der Waals surface area (Å²) >= 11 is 1.73. The minimum absolute atomic E-state index is 0.213. The molecule has 1 unspecified atom stereocenters. The van der Waals surface area contributed by atoms with Crippen LogP contribution in [0.25, 0.3) is 4.96 Å². The average Bonchev–Trinajstić information content (AvgIpc) is 3.07. The molecular weight excluding hydrogens is 258 g/mol. The third-order valence-corrected chi connectivity index (χ3v) is 5.71. The minimum atomic E-state index is 0.213. The van der Waals surface area contributed by atoms with Crippen molar-refractivity contribution in [3.8, 4) is 0 Å². The van der Waals surface area contributed by atoms with E-state index in [-0.39, 0.29) is 5.41 Å². The predicted molar refractivity (Wildman–Crippen MR) is 74.7 cm³/mol. The van der Waals surface area contributed by atoms with E-state index in [1.54, 1.807) is 11.3 Å². The summed E-state index contributed by atoms with van der Waals surface area (Å²) in [7, 11) is 0. The van der Waals surface area contributed by atoms with E-state index in [0.29, 0.717) is 5.92 Å². The number of rotatable bonds is 3. The molecule has 1 saturated heterocycles. The van der Waals surface area contributed by atoms with Gasteiger partial charge < -0.3 is 5.32 Å². The number of nitrogens with one attached hydrogen (secondary N) is 1. The SMILES string of the molecule is CCC1(c2nn3c(C4CC4)nnc3s2)CCCNC1. The normalized spacial score (nSPS) is 28.1. The van der Waals surface area contributed by atoms with E-state index in [1.165, 1.54) is 30.7 Å². The summed E-state index contributed by atoms with van der Waals surface area (Å²) in [6.45, 7) is 4.46. The Kier molecular flexibility index (Phi) is 2.63. The van der Waals surface area contributed by atoms with E-state index in [9.17, 15) is 0 Å². The molecule has 1 aliphatic heterocycles. The fourth-order valence-corrected chi connectivity index (χ4v) is 4.18. The molecule has 102 valence electrons. The summed E-state index contributed by atoms with van der Waals surface area (Å²) in [5.41, 5.74) is 0.213. The zero-order chi connectivity index (χ0) is 12.9. The number of hydrogen-bond donors (Lipinski definition) is 1. The smallest absolute Gasteiger partial charge is 0.234 e. The van der Waals surface area contributed by atoms with Gasteiger partial charge in [0.05, 0.1) is 0 Å². The van der Waals surface area contributed by atoms with Crippen LogP contribution in [0, 0.1) is 0 Å². The number of piperidine rings is 1. The second kappa shape index (κ2) is 4.24. The predicted octanol–water partition coefficient (Wildman–Crippen LogP) is 2.09. The highest BCUT2D eigenvalue weighted by Crippen LogP contribution is 2.41. The second-order valence-electron chi connectivity index (χ2n) is 5.85. The first-order chi connectivity index (χ1) is 9.32. The molecule has 2 aromatic rings. The first-order valence-electron chi connectivity index (χ1n) is 7.26. The molecule has 0 amide bonds. The molecule has 1 atom stereocenters. The Morgan fingerprint density at radius 1 is 1.42 bits per heavy atom. The Morgan fingerprint density at radius 2 is 2.32 bits per heavy atom. The van der Waals surface area contributed by atoms with Gasteiger partial charge in [-0.2, -0.15) is 9.61 Å². The fraction of sp³-hybridized carbons (Fsp3) is 0.769. The molecule has 2 aromatic heterocycles. The number of fused-ring (bicyclic) bond motifs is 1. The van der Waals surface area contributed by atoms with Crippen LogP contribution in [-0.4, -0.2) is 32.9 Å². The van der Waals surface area contributed by atoms with Crippen molar-refractivity contribution in [2.24, 2.45) is 0 Å². The standard InChI is InChI=1S/C13H19N5S/c1-2-13(6-3-7-14-8-13)11-17-18-10(9-4-5-9)15-16-12(18)19-11/h9,14H,2-8H2,1H3. The van der Waals surface area contributed by atoms with Crippen LogP contribution >= 0.6 is 11.3 Å². The Balaban J connectivity index is 1.77. The lowest BCUT2D eigenvalue weighted by Crippen LogP contribution is -2.43. The molecule has 0 radical (unpaired) electrons. The second-order valence-corrected chi connectivity index (χ2v) is 6.80. The van der Waals surface area contributed by atoms with Gasteiger partial charge in [-0.3, -0.25) is 0 Å². The lowest BCUT2D eigenvalue weighted by atomic mass is 9.79. The van der Waals surface area contributed by atoms with Crippen molar-refractivity contribution in [1.82, 2.24) is 25.1 Å². The highest BCUT2D eigenvalue weighted by molar-refractivity contribution is 7.16.